The molecule has 3 aromatic rings. The lowest BCUT2D eigenvalue weighted by atomic mass is 9.97. The van der Waals surface area contributed by atoms with Crippen molar-refractivity contribution in [1.29, 1.82) is 0 Å². The van der Waals surface area contributed by atoms with Gasteiger partial charge in [-0.1, -0.05) is 53.7 Å². The zero-order chi connectivity index (χ0) is 21.2. The minimum atomic E-state index is 0.257. The summed E-state index contributed by atoms with van der Waals surface area (Å²) >= 11 is 8.25. The molecular formula is C25H24ClN3OS. The Labute approximate surface area is 192 Å². The van der Waals surface area contributed by atoms with Crippen LogP contribution in [-0.2, 0) is 6.42 Å². The van der Waals surface area contributed by atoms with Crippen LogP contribution < -0.4 is 0 Å². The summed E-state index contributed by atoms with van der Waals surface area (Å²) in [7, 11) is 0. The molecule has 1 N–H and O–H groups in total. The van der Waals surface area contributed by atoms with Gasteiger partial charge in [0.25, 0.3) is 0 Å². The van der Waals surface area contributed by atoms with E-state index < -0.39 is 0 Å². The fourth-order valence-electron chi connectivity index (χ4n) is 4.29. The Hall–Kier alpha value is -2.47. The number of phenolic OH excluding ortho intramolecular Hbond substituents is 1. The molecule has 0 bridgehead atoms. The van der Waals surface area contributed by atoms with E-state index in [1.54, 1.807) is 12.3 Å². The number of halogens is 1. The van der Waals surface area contributed by atoms with Crippen LogP contribution in [0.3, 0.4) is 0 Å². The molecule has 1 fully saturated rings. The van der Waals surface area contributed by atoms with Crippen molar-refractivity contribution < 1.29 is 5.11 Å². The first kappa shape index (κ1) is 20.4. The molecule has 3 aromatic carbocycles. The Balaban J connectivity index is 1.35. The molecule has 0 radical (unpaired) electrons. The van der Waals surface area contributed by atoms with Gasteiger partial charge in [-0.05, 0) is 53.9 Å². The average Bonchev–Trinajstić information content (AvgIpc) is 2.95. The molecule has 4 nitrogen and oxygen atoms in total. The summed E-state index contributed by atoms with van der Waals surface area (Å²) in [5.74, 6) is 0.257. The average molecular weight is 450 g/mol. The van der Waals surface area contributed by atoms with E-state index in [4.69, 9.17) is 11.6 Å². The number of rotatable bonds is 3. The minimum absolute atomic E-state index is 0.257. The highest BCUT2D eigenvalue weighted by atomic mass is 35.5. The van der Waals surface area contributed by atoms with Gasteiger partial charge in [-0.25, -0.2) is 0 Å². The second-order valence-corrected chi connectivity index (χ2v) is 9.43. The Kier molecular flexibility index (Phi) is 5.90. The summed E-state index contributed by atoms with van der Waals surface area (Å²) in [4.78, 5) is 5.18. The summed E-state index contributed by atoms with van der Waals surface area (Å²) < 4.78 is 0. The topological polar surface area (TPSA) is 39.1 Å². The number of hydrogen-bond donors (Lipinski definition) is 1. The molecule has 6 heteroatoms. The van der Waals surface area contributed by atoms with Gasteiger partial charge in [0.05, 0.1) is 6.21 Å². The Morgan fingerprint density at radius 2 is 1.71 bits per heavy atom. The van der Waals surface area contributed by atoms with Gasteiger partial charge < -0.3 is 5.11 Å². The standard InChI is InChI=1S/C25H24ClN3OS/c26-20-9-10-25-21(16-20)22(15-18-5-2-4-8-24(18)31-25)28-11-13-29(14-12-28)27-17-19-6-1-3-7-23(19)30/h1-10,16-17,22,30H,11-15H2. The van der Waals surface area contributed by atoms with Gasteiger partial charge in [0.1, 0.15) is 5.75 Å². The maximum absolute atomic E-state index is 9.94. The Morgan fingerprint density at radius 3 is 2.55 bits per heavy atom. The van der Waals surface area contributed by atoms with Crippen LogP contribution in [-0.4, -0.2) is 47.4 Å². The molecule has 31 heavy (non-hydrogen) atoms. The first-order chi connectivity index (χ1) is 15.2. The smallest absolute Gasteiger partial charge is 0.124 e. The van der Waals surface area contributed by atoms with Crippen molar-refractivity contribution >= 4 is 29.6 Å². The number of hydrogen-bond acceptors (Lipinski definition) is 5. The lowest BCUT2D eigenvalue weighted by molar-refractivity contribution is 0.0970. The normalized spacial score (nSPS) is 19.1. The van der Waals surface area contributed by atoms with E-state index >= 15 is 0 Å². The van der Waals surface area contributed by atoms with E-state index in [-0.39, 0.29) is 5.75 Å². The van der Waals surface area contributed by atoms with Gasteiger partial charge in [-0.2, -0.15) is 5.10 Å². The highest BCUT2D eigenvalue weighted by Crippen LogP contribution is 2.43. The van der Waals surface area contributed by atoms with Gasteiger partial charge in [0.15, 0.2) is 0 Å². The molecule has 5 rings (SSSR count). The number of fused-ring (bicyclic) bond motifs is 2. The Morgan fingerprint density at radius 1 is 0.935 bits per heavy atom. The third-order valence-electron chi connectivity index (χ3n) is 5.96. The SMILES string of the molecule is Oc1ccccc1C=NN1CCN(C2Cc3ccccc3Sc3ccc(Cl)cc32)CC1. The van der Waals surface area contributed by atoms with Crippen molar-refractivity contribution in [3.05, 3.63) is 88.4 Å². The van der Waals surface area contributed by atoms with Gasteiger partial charge in [0, 0.05) is 52.6 Å². The molecule has 1 atom stereocenters. The molecule has 0 aliphatic carbocycles. The van der Waals surface area contributed by atoms with E-state index in [1.165, 1.54) is 20.9 Å². The molecule has 2 aliphatic rings. The zero-order valence-corrected chi connectivity index (χ0v) is 18.7. The quantitative estimate of drug-likeness (QED) is 0.540. The van der Waals surface area contributed by atoms with Crippen molar-refractivity contribution in [2.45, 2.75) is 22.3 Å². The molecule has 0 amide bonds. The van der Waals surface area contributed by atoms with Crippen LogP contribution in [0.2, 0.25) is 5.02 Å². The summed E-state index contributed by atoms with van der Waals surface area (Å²) in [5, 5.41) is 17.4. The van der Waals surface area contributed by atoms with Crippen LogP contribution in [0.4, 0.5) is 0 Å². The highest BCUT2D eigenvalue weighted by molar-refractivity contribution is 7.99. The van der Waals surface area contributed by atoms with E-state index in [0.29, 0.717) is 6.04 Å². The Bertz CT molecular complexity index is 1110. The summed E-state index contributed by atoms with van der Waals surface area (Å²) in [6, 6.07) is 22.6. The molecule has 1 unspecified atom stereocenters. The van der Waals surface area contributed by atoms with E-state index in [0.717, 1.165) is 43.2 Å². The predicted octanol–water partition coefficient (Wildman–Crippen LogP) is 5.45. The van der Waals surface area contributed by atoms with Gasteiger partial charge in [-0.15, -0.1) is 0 Å². The first-order valence-corrected chi connectivity index (χ1v) is 11.7. The van der Waals surface area contributed by atoms with Crippen LogP contribution in [0.1, 0.15) is 22.7 Å². The van der Waals surface area contributed by atoms with Crippen molar-refractivity contribution in [2.24, 2.45) is 5.10 Å². The molecule has 2 heterocycles. The molecule has 0 saturated carbocycles. The highest BCUT2D eigenvalue weighted by Gasteiger charge is 2.30. The molecule has 2 aliphatic heterocycles. The van der Waals surface area contributed by atoms with Crippen LogP contribution in [0.5, 0.6) is 5.75 Å². The third-order valence-corrected chi connectivity index (χ3v) is 7.41. The summed E-state index contributed by atoms with van der Waals surface area (Å²) in [6.45, 7) is 3.57. The van der Waals surface area contributed by atoms with Crippen molar-refractivity contribution in [3.8, 4) is 5.75 Å². The van der Waals surface area contributed by atoms with Crippen molar-refractivity contribution in [3.63, 3.8) is 0 Å². The fourth-order valence-corrected chi connectivity index (χ4v) is 5.58. The van der Waals surface area contributed by atoms with E-state index in [2.05, 4.69) is 51.4 Å². The largest absolute Gasteiger partial charge is 0.507 e. The maximum Gasteiger partial charge on any atom is 0.124 e. The van der Waals surface area contributed by atoms with E-state index in [1.807, 2.05) is 36.0 Å². The summed E-state index contributed by atoms with van der Waals surface area (Å²) in [6.07, 6.45) is 2.73. The minimum Gasteiger partial charge on any atom is -0.507 e. The number of phenols is 1. The molecule has 0 spiro atoms. The van der Waals surface area contributed by atoms with Gasteiger partial charge in [-0.3, -0.25) is 9.91 Å². The van der Waals surface area contributed by atoms with Crippen LogP contribution >= 0.6 is 23.4 Å². The number of para-hydroxylation sites is 1. The molecule has 1 saturated heterocycles. The lowest BCUT2D eigenvalue weighted by Gasteiger charge is -2.38. The third kappa shape index (κ3) is 4.45. The molecule has 158 valence electrons. The van der Waals surface area contributed by atoms with Crippen LogP contribution in [0.25, 0.3) is 0 Å². The van der Waals surface area contributed by atoms with Crippen LogP contribution in [0.15, 0.2) is 81.6 Å². The fraction of sp³-hybridized carbons (Fsp3) is 0.240. The monoisotopic (exact) mass is 449 g/mol. The number of benzene rings is 3. The predicted molar refractivity (Wildman–Crippen MR) is 127 cm³/mol. The first-order valence-electron chi connectivity index (χ1n) is 10.5. The lowest BCUT2D eigenvalue weighted by Crippen LogP contribution is -2.46. The zero-order valence-electron chi connectivity index (χ0n) is 17.1. The van der Waals surface area contributed by atoms with Crippen LogP contribution in [0, 0.1) is 0 Å². The molecular weight excluding hydrogens is 426 g/mol. The second-order valence-electron chi connectivity index (χ2n) is 7.90. The van der Waals surface area contributed by atoms with Gasteiger partial charge >= 0.3 is 0 Å². The number of aromatic hydroxyl groups is 1. The molecule has 0 aromatic heterocycles. The van der Waals surface area contributed by atoms with Gasteiger partial charge in [0.2, 0.25) is 0 Å². The summed E-state index contributed by atoms with van der Waals surface area (Å²) in [5.41, 5.74) is 3.45. The number of nitrogens with zero attached hydrogens (tertiary/aromatic N) is 3. The van der Waals surface area contributed by atoms with Crippen molar-refractivity contribution in [1.82, 2.24) is 9.91 Å². The number of hydrazone groups is 1. The number of piperazine rings is 1. The second kappa shape index (κ2) is 8.95. The maximum atomic E-state index is 9.94. The van der Waals surface area contributed by atoms with Crippen molar-refractivity contribution in [2.75, 3.05) is 26.2 Å². The van der Waals surface area contributed by atoms with E-state index in [9.17, 15) is 5.11 Å².